The van der Waals surface area contributed by atoms with Crippen molar-refractivity contribution in [2.24, 2.45) is 0 Å². The standard InChI is InChI=1S/C17H22N4O/c1-4-11(2)9-14-12(3)20-21-15(10-16(22)19-17(14)21)13-5-7-18-8-6-13/h4,9-10,13,18H,1,5-8H2,2-3H3,(H,19,22). The molecule has 5 heteroatoms. The fourth-order valence-electron chi connectivity index (χ4n) is 3.06. The number of hydrogen-bond donors (Lipinski definition) is 2. The average molecular weight is 298 g/mol. The highest BCUT2D eigenvalue weighted by Gasteiger charge is 2.21. The minimum absolute atomic E-state index is 0.0631. The monoisotopic (exact) mass is 298 g/mol. The molecule has 0 radical (unpaired) electrons. The zero-order valence-corrected chi connectivity index (χ0v) is 13.1. The molecule has 2 aromatic heterocycles. The number of aryl methyl sites for hydroxylation is 1. The van der Waals surface area contributed by atoms with Gasteiger partial charge in [0.05, 0.1) is 11.4 Å². The van der Waals surface area contributed by atoms with Crippen LogP contribution in [0.2, 0.25) is 0 Å². The van der Waals surface area contributed by atoms with Crippen LogP contribution in [0.25, 0.3) is 11.7 Å². The minimum atomic E-state index is -0.0631. The highest BCUT2D eigenvalue weighted by atomic mass is 16.1. The Morgan fingerprint density at radius 3 is 2.86 bits per heavy atom. The van der Waals surface area contributed by atoms with E-state index in [4.69, 9.17) is 0 Å². The number of hydrogen-bond acceptors (Lipinski definition) is 3. The summed E-state index contributed by atoms with van der Waals surface area (Å²) in [4.78, 5) is 15.0. The Labute approximate surface area is 129 Å². The zero-order chi connectivity index (χ0) is 15.7. The van der Waals surface area contributed by atoms with Crippen LogP contribution in [0.15, 0.2) is 29.1 Å². The minimum Gasteiger partial charge on any atom is -0.317 e. The van der Waals surface area contributed by atoms with Crippen molar-refractivity contribution in [2.75, 3.05) is 13.1 Å². The first-order valence-electron chi connectivity index (χ1n) is 7.74. The second-order valence-corrected chi connectivity index (χ2v) is 5.93. The molecule has 0 atom stereocenters. The first kappa shape index (κ1) is 14.8. The van der Waals surface area contributed by atoms with E-state index in [-0.39, 0.29) is 5.56 Å². The number of allylic oxidation sites excluding steroid dienone is 2. The molecule has 3 heterocycles. The Morgan fingerprint density at radius 1 is 1.45 bits per heavy atom. The normalized spacial score (nSPS) is 17.1. The summed E-state index contributed by atoms with van der Waals surface area (Å²) in [6, 6.07) is 1.70. The molecule has 22 heavy (non-hydrogen) atoms. The molecule has 1 aliphatic heterocycles. The maximum Gasteiger partial charge on any atom is 0.251 e. The van der Waals surface area contributed by atoms with Crippen molar-refractivity contribution in [3.8, 4) is 0 Å². The molecular formula is C17H22N4O. The summed E-state index contributed by atoms with van der Waals surface area (Å²) in [5.41, 5.74) is 4.65. The molecule has 0 unspecified atom stereocenters. The van der Waals surface area contributed by atoms with Crippen LogP contribution in [0, 0.1) is 6.92 Å². The number of aromatic amines is 1. The molecule has 1 saturated heterocycles. The number of rotatable bonds is 3. The summed E-state index contributed by atoms with van der Waals surface area (Å²) in [5.74, 6) is 0.377. The van der Waals surface area contributed by atoms with E-state index < -0.39 is 0 Å². The lowest BCUT2D eigenvalue weighted by molar-refractivity contribution is 0.446. The Bertz CT molecular complexity index is 791. The predicted molar refractivity (Wildman–Crippen MR) is 89.2 cm³/mol. The molecule has 116 valence electrons. The summed E-state index contributed by atoms with van der Waals surface area (Å²) in [7, 11) is 0. The maximum absolute atomic E-state index is 12.1. The summed E-state index contributed by atoms with van der Waals surface area (Å²) in [6.07, 6.45) is 5.90. The van der Waals surface area contributed by atoms with Crippen LogP contribution >= 0.6 is 0 Å². The Kier molecular flexibility index (Phi) is 3.98. The van der Waals surface area contributed by atoms with Crippen LogP contribution in [0.3, 0.4) is 0 Å². The first-order chi connectivity index (χ1) is 10.6. The van der Waals surface area contributed by atoms with Crippen LogP contribution in [0.5, 0.6) is 0 Å². The van der Waals surface area contributed by atoms with Gasteiger partial charge in [-0.05, 0) is 45.9 Å². The van der Waals surface area contributed by atoms with Gasteiger partial charge in [0.25, 0.3) is 5.56 Å². The van der Waals surface area contributed by atoms with Crippen molar-refractivity contribution in [3.05, 3.63) is 51.6 Å². The van der Waals surface area contributed by atoms with Gasteiger partial charge in [0.2, 0.25) is 0 Å². The van der Waals surface area contributed by atoms with Gasteiger partial charge in [0.1, 0.15) is 5.65 Å². The van der Waals surface area contributed by atoms with Gasteiger partial charge in [-0.25, -0.2) is 4.52 Å². The largest absolute Gasteiger partial charge is 0.317 e. The molecule has 1 aliphatic rings. The molecule has 5 nitrogen and oxygen atoms in total. The Hall–Kier alpha value is -2.14. The van der Waals surface area contributed by atoms with Gasteiger partial charge in [0.15, 0.2) is 0 Å². The van der Waals surface area contributed by atoms with Gasteiger partial charge in [-0.1, -0.05) is 18.2 Å². The third-order valence-electron chi connectivity index (χ3n) is 4.32. The number of H-pyrrole nitrogens is 1. The molecule has 0 aromatic carbocycles. The SMILES string of the molecule is C=CC(C)=Cc1c(C)nn2c(C3CCNCC3)cc(=O)[nH]c12. The van der Waals surface area contributed by atoms with Crippen LogP contribution < -0.4 is 10.9 Å². The lowest BCUT2D eigenvalue weighted by atomic mass is 9.94. The van der Waals surface area contributed by atoms with Crippen molar-refractivity contribution in [1.29, 1.82) is 0 Å². The summed E-state index contributed by atoms with van der Waals surface area (Å²) < 4.78 is 1.91. The van der Waals surface area contributed by atoms with Crippen molar-refractivity contribution < 1.29 is 0 Å². The number of nitrogens with zero attached hydrogens (tertiary/aromatic N) is 2. The molecular weight excluding hydrogens is 276 g/mol. The van der Waals surface area contributed by atoms with Crippen LogP contribution in [0.1, 0.15) is 42.6 Å². The van der Waals surface area contributed by atoms with E-state index in [1.54, 1.807) is 12.1 Å². The Morgan fingerprint density at radius 2 is 2.18 bits per heavy atom. The van der Waals surface area contributed by atoms with Gasteiger partial charge < -0.3 is 10.3 Å². The molecule has 0 spiro atoms. The quantitative estimate of drug-likeness (QED) is 0.855. The highest BCUT2D eigenvalue weighted by Crippen LogP contribution is 2.26. The summed E-state index contributed by atoms with van der Waals surface area (Å²) in [5, 5.41) is 8.03. The number of piperidine rings is 1. The van der Waals surface area contributed by atoms with E-state index in [0.717, 1.165) is 54.1 Å². The van der Waals surface area contributed by atoms with E-state index in [9.17, 15) is 4.79 Å². The van der Waals surface area contributed by atoms with E-state index in [0.29, 0.717) is 5.92 Å². The van der Waals surface area contributed by atoms with Crippen molar-refractivity contribution in [3.63, 3.8) is 0 Å². The van der Waals surface area contributed by atoms with Gasteiger partial charge >= 0.3 is 0 Å². The predicted octanol–water partition coefficient (Wildman–Crippen LogP) is 2.39. The third kappa shape index (κ3) is 2.64. The third-order valence-corrected chi connectivity index (χ3v) is 4.32. The molecule has 0 aliphatic carbocycles. The second-order valence-electron chi connectivity index (χ2n) is 5.93. The van der Waals surface area contributed by atoms with E-state index in [1.807, 2.05) is 24.4 Å². The number of nitrogens with one attached hydrogen (secondary N) is 2. The van der Waals surface area contributed by atoms with Crippen LogP contribution in [-0.4, -0.2) is 27.7 Å². The van der Waals surface area contributed by atoms with E-state index in [1.165, 1.54) is 0 Å². The number of fused-ring (bicyclic) bond motifs is 1. The summed E-state index contributed by atoms with van der Waals surface area (Å²) in [6.45, 7) is 9.72. The lowest BCUT2D eigenvalue weighted by Gasteiger charge is -2.23. The van der Waals surface area contributed by atoms with Gasteiger partial charge in [0, 0.05) is 17.5 Å². The first-order valence-corrected chi connectivity index (χ1v) is 7.74. The molecule has 0 saturated carbocycles. The van der Waals surface area contributed by atoms with Crippen molar-refractivity contribution in [1.82, 2.24) is 19.9 Å². The van der Waals surface area contributed by atoms with Gasteiger partial charge in [-0.15, -0.1) is 0 Å². The summed E-state index contributed by atoms with van der Waals surface area (Å²) >= 11 is 0. The van der Waals surface area contributed by atoms with E-state index in [2.05, 4.69) is 22.0 Å². The fourth-order valence-corrected chi connectivity index (χ4v) is 3.06. The molecule has 2 aromatic rings. The van der Waals surface area contributed by atoms with Gasteiger partial charge in [-0.3, -0.25) is 4.79 Å². The molecule has 1 fully saturated rings. The van der Waals surface area contributed by atoms with Crippen LogP contribution in [0.4, 0.5) is 0 Å². The average Bonchev–Trinajstić information content (AvgIpc) is 2.83. The maximum atomic E-state index is 12.1. The second kappa shape index (κ2) is 5.93. The Balaban J connectivity index is 2.21. The van der Waals surface area contributed by atoms with Crippen molar-refractivity contribution >= 4 is 11.7 Å². The molecule has 3 rings (SSSR count). The topological polar surface area (TPSA) is 62.2 Å². The van der Waals surface area contributed by atoms with E-state index >= 15 is 0 Å². The zero-order valence-electron chi connectivity index (χ0n) is 13.1. The van der Waals surface area contributed by atoms with Crippen molar-refractivity contribution in [2.45, 2.75) is 32.6 Å². The molecule has 0 bridgehead atoms. The molecule has 2 N–H and O–H groups in total. The smallest absolute Gasteiger partial charge is 0.251 e. The highest BCUT2D eigenvalue weighted by molar-refractivity contribution is 5.70. The fraction of sp³-hybridized carbons (Fsp3) is 0.412. The molecule has 0 amide bonds. The lowest BCUT2D eigenvalue weighted by Crippen LogP contribution is -2.28. The van der Waals surface area contributed by atoms with Crippen LogP contribution in [-0.2, 0) is 0 Å². The van der Waals surface area contributed by atoms with Gasteiger partial charge in [-0.2, -0.15) is 5.10 Å². The number of aromatic nitrogens is 3.